The van der Waals surface area contributed by atoms with Crippen LogP contribution in [0.4, 0.5) is 0 Å². The number of furan rings is 1. The zero-order valence-electron chi connectivity index (χ0n) is 13.3. The van der Waals surface area contributed by atoms with E-state index >= 15 is 0 Å². The van der Waals surface area contributed by atoms with E-state index in [9.17, 15) is 0 Å². The van der Waals surface area contributed by atoms with E-state index in [0.717, 1.165) is 24.3 Å². The summed E-state index contributed by atoms with van der Waals surface area (Å²) in [6.07, 6.45) is 2.61. The SMILES string of the molecule is S=C(NCCc1ccccc1)N[C@@H](c1ccccc1)c1ccco1. The van der Waals surface area contributed by atoms with Crippen LogP contribution in [0.1, 0.15) is 22.9 Å². The Balaban J connectivity index is 1.59. The Kier molecular flexibility index (Phi) is 5.64. The first-order chi connectivity index (χ1) is 11.8. The van der Waals surface area contributed by atoms with Gasteiger partial charge in [-0.2, -0.15) is 0 Å². The smallest absolute Gasteiger partial charge is 0.167 e. The number of nitrogens with one attached hydrogen (secondary N) is 2. The summed E-state index contributed by atoms with van der Waals surface area (Å²) in [5.74, 6) is 0.841. The van der Waals surface area contributed by atoms with Gasteiger partial charge in [0.15, 0.2) is 5.11 Å². The zero-order chi connectivity index (χ0) is 16.6. The average Bonchev–Trinajstić information content (AvgIpc) is 3.16. The van der Waals surface area contributed by atoms with E-state index in [4.69, 9.17) is 16.6 Å². The first kappa shape index (κ1) is 16.3. The molecule has 0 aliphatic rings. The van der Waals surface area contributed by atoms with Gasteiger partial charge in [-0.05, 0) is 41.9 Å². The lowest BCUT2D eigenvalue weighted by molar-refractivity contribution is 0.474. The highest BCUT2D eigenvalue weighted by Gasteiger charge is 2.17. The quantitative estimate of drug-likeness (QED) is 0.665. The Morgan fingerprint density at radius 2 is 1.62 bits per heavy atom. The normalized spacial score (nSPS) is 11.7. The van der Waals surface area contributed by atoms with Gasteiger partial charge >= 0.3 is 0 Å². The first-order valence-corrected chi connectivity index (χ1v) is 8.40. The van der Waals surface area contributed by atoms with E-state index in [1.807, 2.05) is 48.5 Å². The Morgan fingerprint density at radius 1 is 0.917 bits per heavy atom. The molecule has 3 aromatic rings. The van der Waals surface area contributed by atoms with Crippen LogP contribution < -0.4 is 10.6 Å². The lowest BCUT2D eigenvalue weighted by Gasteiger charge is -2.19. The highest BCUT2D eigenvalue weighted by molar-refractivity contribution is 7.80. The van der Waals surface area contributed by atoms with Crippen molar-refractivity contribution in [3.05, 3.63) is 95.9 Å². The van der Waals surface area contributed by atoms with Crippen LogP contribution in [0.25, 0.3) is 0 Å². The van der Waals surface area contributed by atoms with Crippen LogP contribution in [0.5, 0.6) is 0 Å². The zero-order valence-corrected chi connectivity index (χ0v) is 14.1. The third kappa shape index (κ3) is 4.46. The number of hydrogen-bond donors (Lipinski definition) is 2. The van der Waals surface area contributed by atoms with Crippen LogP contribution in [0.2, 0.25) is 0 Å². The van der Waals surface area contributed by atoms with E-state index in [0.29, 0.717) is 5.11 Å². The molecular formula is C20H20N2OS. The minimum absolute atomic E-state index is 0.0991. The molecule has 0 bridgehead atoms. The number of hydrogen-bond acceptors (Lipinski definition) is 2. The largest absolute Gasteiger partial charge is 0.467 e. The molecule has 1 heterocycles. The molecular weight excluding hydrogens is 316 g/mol. The summed E-state index contributed by atoms with van der Waals surface area (Å²) in [6.45, 7) is 0.787. The maximum atomic E-state index is 5.57. The molecule has 3 nitrogen and oxygen atoms in total. The van der Waals surface area contributed by atoms with Gasteiger partial charge in [0.25, 0.3) is 0 Å². The molecule has 0 saturated carbocycles. The van der Waals surface area contributed by atoms with Crippen molar-refractivity contribution in [3.63, 3.8) is 0 Å². The maximum absolute atomic E-state index is 5.57. The van der Waals surface area contributed by atoms with Crippen LogP contribution in [0.3, 0.4) is 0 Å². The van der Waals surface area contributed by atoms with Crippen molar-refractivity contribution in [1.29, 1.82) is 0 Å². The fraction of sp³-hybridized carbons (Fsp3) is 0.150. The molecule has 2 N–H and O–H groups in total. The Morgan fingerprint density at radius 3 is 2.29 bits per heavy atom. The molecule has 0 radical (unpaired) electrons. The summed E-state index contributed by atoms with van der Waals surface area (Å²) >= 11 is 5.46. The monoisotopic (exact) mass is 336 g/mol. The molecule has 0 fully saturated rings. The molecule has 122 valence electrons. The van der Waals surface area contributed by atoms with E-state index in [1.165, 1.54) is 5.56 Å². The molecule has 2 aromatic carbocycles. The summed E-state index contributed by atoms with van der Waals surface area (Å²) < 4.78 is 5.57. The van der Waals surface area contributed by atoms with Crippen LogP contribution in [0.15, 0.2) is 83.5 Å². The van der Waals surface area contributed by atoms with Crippen molar-refractivity contribution in [2.24, 2.45) is 0 Å². The van der Waals surface area contributed by atoms with Gasteiger partial charge < -0.3 is 15.1 Å². The predicted octanol–water partition coefficient (Wildman–Crippen LogP) is 4.08. The summed E-state index contributed by atoms with van der Waals surface area (Å²) in [6, 6.07) is 24.3. The van der Waals surface area contributed by atoms with E-state index in [2.05, 4.69) is 34.9 Å². The predicted molar refractivity (Wildman–Crippen MR) is 101 cm³/mol. The van der Waals surface area contributed by atoms with Gasteiger partial charge in [0.2, 0.25) is 0 Å². The van der Waals surface area contributed by atoms with Gasteiger partial charge in [0.05, 0.1) is 6.26 Å². The summed E-state index contributed by atoms with van der Waals surface area (Å²) in [5, 5.41) is 7.24. The molecule has 0 aliphatic carbocycles. The second kappa shape index (κ2) is 8.31. The average molecular weight is 336 g/mol. The van der Waals surface area contributed by atoms with Crippen molar-refractivity contribution >= 4 is 17.3 Å². The van der Waals surface area contributed by atoms with Gasteiger partial charge in [0, 0.05) is 6.54 Å². The highest BCUT2D eigenvalue weighted by atomic mass is 32.1. The molecule has 4 heteroatoms. The maximum Gasteiger partial charge on any atom is 0.167 e. The second-order valence-electron chi connectivity index (χ2n) is 5.49. The number of benzene rings is 2. The van der Waals surface area contributed by atoms with E-state index < -0.39 is 0 Å². The molecule has 0 unspecified atom stereocenters. The Labute approximate surface area is 147 Å². The molecule has 0 amide bonds. The standard InChI is InChI=1S/C20H20N2OS/c24-20(21-14-13-16-8-3-1-4-9-16)22-19(18-12-7-15-23-18)17-10-5-2-6-11-17/h1-12,15,19H,13-14H2,(H2,21,22,24)/t19-/m0/s1. The summed E-state index contributed by atoms with van der Waals surface area (Å²) in [7, 11) is 0. The Hall–Kier alpha value is -2.59. The molecule has 1 aromatic heterocycles. The minimum atomic E-state index is -0.0991. The van der Waals surface area contributed by atoms with Crippen molar-refractivity contribution in [2.45, 2.75) is 12.5 Å². The van der Waals surface area contributed by atoms with Gasteiger partial charge in [0.1, 0.15) is 11.8 Å². The number of thiocarbonyl (C=S) groups is 1. The molecule has 24 heavy (non-hydrogen) atoms. The summed E-state index contributed by atoms with van der Waals surface area (Å²) in [4.78, 5) is 0. The molecule has 0 saturated heterocycles. The fourth-order valence-electron chi connectivity index (χ4n) is 2.57. The van der Waals surface area contributed by atoms with E-state index in [1.54, 1.807) is 6.26 Å². The molecule has 1 atom stereocenters. The van der Waals surface area contributed by atoms with Gasteiger partial charge in [-0.15, -0.1) is 0 Å². The second-order valence-corrected chi connectivity index (χ2v) is 5.90. The third-order valence-corrected chi connectivity index (χ3v) is 4.04. The van der Waals surface area contributed by atoms with Crippen molar-refractivity contribution in [2.75, 3.05) is 6.54 Å². The van der Waals surface area contributed by atoms with Crippen LogP contribution >= 0.6 is 12.2 Å². The van der Waals surface area contributed by atoms with Crippen LogP contribution in [-0.4, -0.2) is 11.7 Å². The van der Waals surface area contributed by atoms with Crippen molar-refractivity contribution in [3.8, 4) is 0 Å². The Bertz CT molecular complexity index is 742. The van der Waals surface area contributed by atoms with Crippen molar-refractivity contribution < 1.29 is 4.42 Å². The van der Waals surface area contributed by atoms with Gasteiger partial charge in [-0.3, -0.25) is 0 Å². The molecule has 3 rings (SSSR count). The third-order valence-electron chi connectivity index (χ3n) is 3.78. The van der Waals surface area contributed by atoms with Crippen LogP contribution in [0, 0.1) is 0 Å². The van der Waals surface area contributed by atoms with E-state index in [-0.39, 0.29) is 6.04 Å². The minimum Gasteiger partial charge on any atom is -0.467 e. The summed E-state index contributed by atoms with van der Waals surface area (Å²) in [5.41, 5.74) is 2.40. The topological polar surface area (TPSA) is 37.2 Å². The first-order valence-electron chi connectivity index (χ1n) is 7.99. The number of rotatable bonds is 6. The highest BCUT2D eigenvalue weighted by Crippen LogP contribution is 2.22. The van der Waals surface area contributed by atoms with Crippen LogP contribution in [-0.2, 0) is 6.42 Å². The lowest BCUT2D eigenvalue weighted by Crippen LogP contribution is -2.38. The molecule has 0 aliphatic heterocycles. The fourth-order valence-corrected chi connectivity index (χ4v) is 2.79. The lowest BCUT2D eigenvalue weighted by atomic mass is 10.1. The molecule has 0 spiro atoms. The van der Waals surface area contributed by atoms with Gasteiger partial charge in [-0.25, -0.2) is 0 Å². The van der Waals surface area contributed by atoms with Gasteiger partial charge in [-0.1, -0.05) is 60.7 Å². The van der Waals surface area contributed by atoms with Crippen molar-refractivity contribution in [1.82, 2.24) is 10.6 Å².